The number of esters is 1. The van der Waals surface area contributed by atoms with Crippen molar-refractivity contribution >= 4 is 5.97 Å². The van der Waals surface area contributed by atoms with Crippen molar-refractivity contribution in [2.75, 3.05) is 0 Å². The van der Waals surface area contributed by atoms with E-state index in [9.17, 15) is 4.79 Å². The van der Waals surface area contributed by atoms with Gasteiger partial charge in [-0.1, -0.05) is 55.1 Å². The van der Waals surface area contributed by atoms with E-state index in [0.29, 0.717) is 17.2 Å². The van der Waals surface area contributed by atoms with Crippen molar-refractivity contribution in [3.05, 3.63) is 72.5 Å². The van der Waals surface area contributed by atoms with E-state index < -0.39 is 0 Å². The fourth-order valence-corrected chi connectivity index (χ4v) is 2.19. The standard InChI is InChI=1S/C18H16O2/c1-13(14-11-12-14)20-18(19)17-10-6-5-9-16(17)15-7-3-2-4-8-15/h2-10,14H,1,11-12H2. The monoisotopic (exact) mass is 264 g/mol. The fraction of sp³-hybridized carbons (Fsp3) is 0.167. The molecule has 1 aliphatic carbocycles. The molecule has 20 heavy (non-hydrogen) atoms. The highest BCUT2D eigenvalue weighted by molar-refractivity contribution is 5.97. The van der Waals surface area contributed by atoms with Crippen LogP contribution >= 0.6 is 0 Å². The molecule has 2 aromatic carbocycles. The summed E-state index contributed by atoms with van der Waals surface area (Å²) in [7, 11) is 0. The Morgan fingerprint density at radius 3 is 2.35 bits per heavy atom. The molecule has 2 aromatic rings. The van der Waals surface area contributed by atoms with Gasteiger partial charge in [0.25, 0.3) is 0 Å². The lowest BCUT2D eigenvalue weighted by atomic mass is 10.00. The van der Waals surface area contributed by atoms with Gasteiger partial charge >= 0.3 is 5.97 Å². The zero-order valence-corrected chi connectivity index (χ0v) is 11.2. The Balaban J connectivity index is 1.89. The molecule has 100 valence electrons. The smallest absolute Gasteiger partial charge is 0.343 e. The molecular formula is C18H16O2. The van der Waals surface area contributed by atoms with Crippen molar-refractivity contribution in [1.29, 1.82) is 0 Å². The van der Waals surface area contributed by atoms with Gasteiger partial charge in [0.2, 0.25) is 0 Å². The Morgan fingerprint density at radius 1 is 1.00 bits per heavy atom. The van der Waals surface area contributed by atoms with Crippen LogP contribution in [0.25, 0.3) is 11.1 Å². The zero-order valence-electron chi connectivity index (χ0n) is 11.2. The predicted octanol–water partition coefficient (Wildman–Crippen LogP) is 4.43. The molecule has 0 spiro atoms. The number of rotatable bonds is 4. The van der Waals surface area contributed by atoms with Gasteiger partial charge in [0.1, 0.15) is 5.76 Å². The van der Waals surface area contributed by atoms with E-state index in [1.807, 2.05) is 48.5 Å². The first-order valence-electron chi connectivity index (χ1n) is 6.81. The molecule has 3 rings (SSSR count). The number of hydrogen-bond donors (Lipinski definition) is 0. The van der Waals surface area contributed by atoms with Crippen LogP contribution in [0.4, 0.5) is 0 Å². The predicted molar refractivity (Wildman–Crippen MR) is 79.2 cm³/mol. The van der Waals surface area contributed by atoms with Crippen LogP contribution < -0.4 is 0 Å². The normalized spacial score (nSPS) is 13.8. The third kappa shape index (κ3) is 2.64. The third-order valence-corrected chi connectivity index (χ3v) is 3.49. The number of hydrogen-bond acceptors (Lipinski definition) is 2. The van der Waals surface area contributed by atoms with E-state index in [1.165, 1.54) is 0 Å². The number of benzene rings is 2. The molecule has 0 N–H and O–H groups in total. The van der Waals surface area contributed by atoms with E-state index in [-0.39, 0.29) is 5.97 Å². The van der Waals surface area contributed by atoms with Crippen LogP contribution in [0, 0.1) is 5.92 Å². The summed E-state index contributed by atoms with van der Waals surface area (Å²) in [6, 6.07) is 17.4. The van der Waals surface area contributed by atoms with E-state index in [1.54, 1.807) is 6.07 Å². The van der Waals surface area contributed by atoms with Crippen molar-refractivity contribution in [2.45, 2.75) is 12.8 Å². The summed E-state index contributed by atoms with van der Waals surface area (Å²) in [6.45, 7) is 3.84. The summed E-state index contributed by atoms with van der Waals surface area (Å²) < 4.78 is 5.39. The van der Waals surface area contributed by atoms with Gasteiger partial charge in [-0.3, -0.25) is 0 Å². The molecule has 1 saturated carbocycles. The Hall–Kier alpha value is -2.35. The molecule has 0 heterocycles. The second kappa shape index (κ2) is 5.33. The van der Waals surface area contributed by atoms with Crippen LogP contribution in [0.2, 0.25) is 0 Å². The number of allylic oxidation sites excluding steroid dienone is 1. The lowest BCUT2D eigenvalue weighted by Gasteiger charge is -2.10. The van der Waals surface area contributed by atoms with Gasteiger partial charge in [-0.15, -0.1) is 0 Å². The SMILES string of the molecule is C=C(OC(=O)c1ccccc1-c1ccccc1)C1CC1. The van der Waals surface area contributed by atoms with E-state index in [0.717, 1.165) is 24.0 Å². The summed E-state index contributed by atoms with van der Waals surface area (Å²) >= 11 is 0. The van der Waals surface area contributed by atoms with Crippen molar-refractivity contribution < 1.29 is 9.53 Å². The molecule has 0 aromatic heterocycles. The second-order valence-corrected chi connectivity index (χ2v) is 5.04. The summed E-state index contributed by atoms with van der Waals surface area (Å²) in [5, 5.41) is 0. The van der Waals surface area contributed by atoms with Gasteiger partial charge in [0.05, 0.1) is 5.56 Å². The van der Waals surface area contributed by atoms with Crippen LogP contribution in [0.5, 0.6) is 0 Å². The van der Waals surface area contributed by atoms with E-state index >= 15 is 0 Å². The minimum atomic E-state index is -0.318. The second-order valence-electron chi connectivity index (χ2n) is 5.04. The molecule has 1 fully saturated rings. The first-order valence-corrected chi connectivity index (χ1v) is 6.81. The fourth-order valence-electron chi connectivity index (χ4n) is 2.19. The molecule has 0 bridgehead atoms. The molecule has 0 unspecified atom stereocenters. The molecule has 0 atom stereocenters. The molecule has 2 heteroatoms. The Labute approximate surface area is 118 Å². The Bertz CT molecular complexity index is 639. The Morgan fingerprint density at radius 2 is 1.65 bits per heavy atom. The van der Waals surface area contributed by atoms with Gasteiger partial charge in [-0.05, 0) is 30.0 Å². The van der Waals surface area contributed by atoms with E-state index in [4.69, 9.17) is 4.74 Å². The van der Waals surface area contributed by atoms with Gasteiger partial charge in [-0.25, -0.2) is 4.79 Å². The van der Waals surface area contributed by atoms with Crippen molar-refractivity contribution in [1.82, 2.24) is 0 Å². The van der Waals surface area contributed by atoms with Gasteiger partial charge in [0, 0.05) is 5.92 Å². The maximum atomic E-state index is 12.3. The highest BCUT2D eigenvalue weighted by Crippen LogP contribution is 2.36. The van der Waals surface area contributed by atoms with Gasteiger partial charge < -0.3 is 4.74 Å². The topological polar surface area (TPSA) is 26.3 Å². The van der Waals surface area contributed by atoms with Crippen LogP contribution in [0.3, 0.4) is 0 Å². The molecule has 0 radical (unpaired) electrons. The molecule has 0 saturated heterocycles. The minimum Gasteiger partial charge on any atom is -0.428 e. The average Bonchev–Trinajstić information content (AvgIpc) is 3.33. The summed E-state index contributed by atoms with van der Waals surface area (Å²) in [4.78, 5) is 12.3. The summed E-state index contributed by atoms with van der Waals surface area (Å²) in [5.41, 5.74) is 2.49. The maximum absolute atomic E-state index is 12.3. The maximum Gasteiger partial charge on any atom is 0.343 e. The average molecular weight is 264 g/mol. The van der Waals surface area contributed by atoms with Gasteiger partial charge in [0.15, 0.2) is 0 Å². The third-order valence-electron chi connectivity index (χ3n) is 3.49. The Kier molecular flexibility index (Phi) is 3.38. The van der Waals surface area contributed by atoms with Crippen molar-refractivity contribution in [3.63, 3.8) is 0 Å². The molecular weight excluding hydrogens is 248 g/mol. The van der Waals surface area contributed by atoms with Crippen molar-refractivity contribution in [3.8, 4) is 11.1 Å². The summed E-state index contributed by atoms with van der Waals surface area (Å²) in [5.74, 6) is 0.641. The lowest BCUT2D eigenvalue weighted by molar-refractivity contribution is 0.0610. The highest BCUT2D eigenvalue weighted by Gasteiger charge is 2.28. The van der Waals surface area contributed by atoms with Crippen LogP contribution in [-0.4, -0.2) is 5.97 Å². The molecule has 1 aliphatic rings. The number of ether oxygens (including phenoxy) is 1. The van der Waals surface area contributed by atoms with Crippen molar-refractivity contribution in [2.24, 2.45) is 5.92 Å². The minimum absolute atomic E-state index is 0.318. The van der Waals surface area contributed by atoms with Crippen LogP contribution in [-0.2, 0) is 4.74 Å². The number of carbonyl (C=O) groups is 1. The van der Waals surface area contributed by atoms with E-state index in [2.05, 4.69) is 6.58 Å². The first kappa shape index (κ1) is 12.7. The highest BCUT2D eigenvalue weighted by atomic mass is 16.5. The molecule has 2 nitrogen and oxygen atoms in total. The molecule has 0 amide bonds. The summed E-state index contributed by atoms with van der Waals surface area (Å²) in [6.07, 6.45) is 2.15. The number of carbonyl (C=O) groups excluding carboxylic acids is 1. The zero-order chi connectivity index (χ0) is 13.9. The first-order chi connectivity index (χ1) is 9.75. The molecule has 0 aliphatic heterocycles. The largest absolute Gasteiger partial charge is 0.428 e. The van der Waals surface area contributed by atoms with Crippen LogP contribution in [0.15, 0.2) is 66.9 Å². The van der Waals surface area contributed by atoms with Gasteiger partial charge in [-0.2, -0.15) is 0 Å². The lowest BCUT2D eigenvalue weighted by Crippen LogP contribution is -2.07. The quantitative estimate of drug-likeness (QED) is 0.603. The van der Waals surface area contributed by atoms with Crippen LogP contribution in [0.1, 0.15) is 23.2 Å².